The Bertz CT molecular complexity index is 1070. The molecule has 1 fully saturated rings. The van der Waals surface area contributed by atoms with Gasteiger partial charge in [0.2, 0.25) is 10.0 Å². The van der Waals surface area contributed by atoms with Gasteiger partial charge in [0.1, 0.15) is 5.75 Å². The third kappa shape index (κ3) is 5.01. The summed E-state index contributed by atoms with van der Waals surface area (Å²) in [6.45, 7) is 0.227. The van der Waals surface area contributed by atoms with Gasteiger partial charge >= 0.3 is 0 Å². The Labute approximate surface area is 182 Å². The zero-order chi connectivity index (χ0) is 21.9. The number of rotatable bonds is 6. The summed E-state index contributed by atoms with van der Waals surface area (Å²) in [5, 5.41) is 11.6. The number of benzene rings is 2. The average molecular weight is 474 g/mol. The Morgan fingerprint density at radius 3 is 2.43 bits per heavy atom. The van der Waals surface area contributed by atoms with Gasteiger partial charge in [0.05, 0.1) is 14.8 Å². The van der Waals surface area contributed by atoms with Gasteiger partial charge in [-0.25, -0.2) is 8.42 Å². The van der Waals surface area contributed by atoms with Gasteiger partial charge in [-0.3, -0.25) is 14.9 Å². The van der Waals surface area contributed by atoms with Crippen LogP contribution in [0.5, 0.6) is 5.75 Å². The quantitative estimate of drug-likeness (QED) is 0.471. The molecule has 2 aromatic carbocycles. The van der Waals surface area contributed by atoms with Crippen molar-refractivity contribution in [3.05, 3.63) is 62.6 Å². The lowest BCUT2D eigenvalue weighted by Gasteiger charge is -2.33. The molecular formula is C18H17Cl2N3O6S. The van der Waals surface area contributed by atoms with E-state index in [0.29, 0.717) is 10.8 Å². The predicted molar refractivity (Wildman–Crippen MR) is 110 cm³/mol. The van der Waals surface area contributed by atoms with E-state index >= 15 is 0 Å². The van der Waals surface area contributed by atoms with Gasteiger partial charge in [0.25, 0.3) is 11.6 Å². The van der Waals surface area contributed by atoms with Crippen molar-refractivity contribution in [1.29, 1.82) is 0 Å². The Morgan fingerprint density at radius 2 is 1.80 bits per heavy atom. The Morgan fingerprint density at radius 1 is 1.10 bits per heavy atom. The van der Waals surface area contributed by atoms with Crippen molar-refractivity contribution in [2.45, 2.75) is 4.90 Å². The molecule has 0 spiro atoms. The van der Waals surface area contributed by atoms with Crippen LogP contribution in [-0.4, -0.2) is 61.2 Å². The van der Waals surface area contributed by atoms with Crippen LogP contribution < -0.4 is 4.74 Å². The highest BCUT2D eigenvalue weighted by molar-refractivity contribution is 7.89. The van der Waals surface area contributed by atoms with Crippen molar-refractivity contribution in [2.75, 3.05) is 32.8 Å². The van der Waals surface area contributed by atoms with E-state index in [0.717, 1.165) is 6.07 Å². The van der Waals surface area contributed by atoms with Crippen LogP contribution in [0.1, 0.15) is 0 Å². The molecular weight excluding hydrogens is 457 g/mol. The molecule has 2 aromatic rings. The molecule has 0 unspecified atom stereocenters. The Kier molecular flexibility index (Phi) is 6.81. The van der Waals surface area contributed by atoms with Crippen molar-refractivity contribution < 1.29 is 22.9 Å². The highest BCUT2D eigenvalue weighted by atomic mass is 35.5. The van der Waals surface area contributed by atoms with E-state index in [-0.39, 0.29) is 54.3 Å². The number of hydrogen-bond acceptors (Lipinski definition) is 6. The number of amides is 1. The number of halogens is 2. The molecule has 1 heterocycles. The SMILES string of the molecule is O=C(COc1ccc(Cl)cc1Cl)N1CCN(S(=O)(=O)c2cccc([N+](=O)[O-])c2)CC1. The molecule has 30 heavy (non-hydrogen) atoms. The molecule has 0 aromatic heterocycles. The molecule has 1 amide bonds. The largest absolute Gasteiger partial charge is 0.482 e. The summed E-state index contributed by atoms with van der Waals surface area (Å²) in [6.07, 6.45) is 0. The summed E-state index contributed by atoms with van der Waals surface area (Å²) in [6, 6.07) is 9.53. The van der Waals surface area contributed by atoms with E-state index in [1.54, 1.807) is 12.1 Å². The molecule has 12 heteroatoms. The number of ether oxygens (including phenoxy) is 1. The number of sulfonamides is 1. The second kappa shape index (κ2) is 9.17. The smallest absolute Gasteiger partial charge is 0.270 e. The van der Waals surface area contributed by atoms with Crippen LogP contribution >= 0.6 is 23.2 Å². The summed E-state index contributed by atoms with van der Waals surface area (Å²) in [4.78, 5) is 24.0. The fourth-order valence-electron chi connectivity index (χ4n) is 2.91. The lowest BCUT2D eigenvalue weighted by molar-refractivity contribution is -0.385. The molecule has 0 aliphatic carbocycles. The van der Waals surface area contributed by atoms with Crippen molar-refractivity contribution in [3.8, 4) is 5.75 Å². The minimum absolute atomic E-state index is 0.0679. The van der Waals surface area contributed by atoms with Crippen LogP contribution in [0.25, 0.3) is 0 Å². The minimum Gasteiger partial charge on any atom is -0.482 e. The van der Waals surface area contributed by atoms with Crippen molar-refractivity contribution in [1.82, 2.24) is 9.21 Å². The number of carbonyl (C=O) groups excluding carboxylic acids is 1. The second-order valence-corrected chi connectivity index (χ2v) is 9.18. The van der Waals surface area contributed by atoms with Gasteiger partial charge in [0.15, 0.2) is 6.61 Å². The number of nitrogens with zero attached hydrogens (tertiary/aromatic N) is 3. The van der Waals surface area contributed by atoms with Gasteiger partial charge in [-0.15, -0.1) is 0 Å². The Balaban J connectivity index is 1.59. The van der Waals surface area contributed by atoms with E-state index in [9.17, 15) is 23.3 Å². The van der Waals surface area contributed by atoms with E-state index < -0.39 is 14.9 Å². The zero-order valence-corrected chi connectivity index (χ0v) is 17.9. The molecule has 0 saturated carbocycles. The molecule has 0 bridgehead atoms. The van der Waals surface area contributed by atoms with E-state index in [1.807, 2.05) is 0 Å². The van der Waals surface area contributed by atoms with E-state index in [4.69, 9.17) is 27.9 Å². The predicted octanol–water partition coefficient (Wildman–Crippen LogP) is 2.81. The summed E-state index contributed by atoms with van der Waals surface area (Å²) >= 11 is 11.8. The summed E-state index contributed by atoms with van der Waals surface area (Å²) in [5.41, 5.74) is -0.303. The fourth-order valence-corrected chi connectivity index (χ4v) is 4.83. The lowest BCUT2D eigenvalue weighted by Crippen LogP contribution is -2.51. The van der Waals surface area contributed by atoms with Crippen molar-refractivity contribution in [3.63, 3.8) is 0 Å². The molecule has 0 atom stereocenters. The fraction of sp³-hybridized carbons (Fsp3) is 0.278. The maximum Gasteiger partial charge on any atom is 0.270 e. The first-order valence-electron chi connectivity index (χ1n) is 8.79. The van der Waals surface area contributed by atoms with Gasteiger partial charge in [-0.2, -0.15) is 4.31 Å². The van der Waals surface area contributed by atoms with Crippen LogP contribution in [0, 0.1) is 10.1 Å². The van der Waals surface area contributed by atoms with Crippen molar-refractivity contribution in [2.24, 2.45) is 0 Å². The summed E-state index contributed by atoms with van der Waals surface area (Å²) in [7, 11) is -3.90. The molecule has 160 valence electrons. The lowest BCUT2D eigenvalue weighted by atomic mass is 10.3. The van der Waals surface area contributed by atoms with Crippen molar-refractivity contribution >= 4 is 44.8 Å². The molecule has 0 radical (unpaired) electrons. The highest BCUT2D eigenvalue weighted by Crippen LogP contribution is 2.27. The maximum atomic E-state index is 12.8. The van der Waals surface area contributed by atoms with Crippen LogP contribution in [0.2, 0.25) is 10.0 Å². The number of nitro benzene ring substituents is 1. The Hall–Kier alpha value is -2.40. The van der Waals surface area contributed by atoms with Crippen LogP contribution in [0.3, 0.4) is 0 Å². The minimum atomic E-state index is -3.90. The van der Waals surface area contributed by atoms with Gasteiger partial charge in [-0.1, -0.05) is 29.3 Å². The van der Waals surface area contributed by atoms with Gasteiger partial charge in [0, 0.05) is 43.3 Å². The third-order valence-corrected chi connectivity index (χ3v) is 6.93. The first-order valence-corrected chi connectivity index (χ1v) is 11.0. The second-order valence-electron chi connectivity index (χ2n) is 6.40. The number of carbonyl (C=O) groups is 1. The van der Waals surface area contributed by atoms with E-state index in [1.165, 1.54) is 33.5 Å². The monoisotopic (exact) mass is 473 g/mol. The summed E-state index contributed by atoms with van der Waals surface area (Å²) < 4.78 is 32.2. The average Bonchev–Trinajstić information content (AvgIpc) is 2.73. The first kappa shape index (κ1) is 22.3. The first-order chi connectivity index (χ1) is 14.2. The molecule has 1 aliphatic heterocycles. The number of hydrogen-bond donors (Lipinski definition) is 0. The topological polar surface area (TPSA) is 110 Å². The highest BCUT2D eigenvalue weighted by Gasteiger charge is 2.31. The van der Waals surface area contributed by atoms with Crippen LogP contribution in [0.4, 0.5) is 5.69 Å². The molecule has 3 rings (SSSR count). The molecule has 1 saturated heterocycles. The van der Waals surface area contributed by atoms with Gasteiger partial charge in [-0.05, 0) is 24.3 Å². The number of non-ortho nitro benzene ring substituents is 1. The zero-order valence-electron chi connectivity index (χ0n) is 15.5. The van der Waals surface area contributed by atoms with Gasteiger partial charge < -0.3 is 9.64 Å². The molecule has 9 nitrogen and oxygen atoms in total. The van der Waals surface area contributed by atoms with Crippen LogP contribution in [0.15, 0.2) is 47.4 Å². The normalized spacial score (nSPS) is 15.1. The maximum absolute atomic E-state index is 12.8. The van der Waals surface area contributed by atoms with E-state index in [2.05, 4.69) is 0 Å². The standard InChI is InChI=1S/C18H17Cl2N3O6S/c19-13-4-5-17(16(20)10-13)29-12-18(24)21-6-8-22(9-7-21)30(27,28)15-3-1-2-14(11-15)23(25)26/h1-5,10-11H,6-9,12H2. The molecule has 1 aliphatic rings. The van der Waals surface area contributed by atoms with Crippen LogP contribution in [-0.2, 0) is 14.8 Å². The number of piperazine rings is 1. The third-order valence-electron chi connectivity index (χ3n) is 4.50. The molecule has 0 N–H and O–H groups in total. The summed E-state index contributed by atoms with van der Waals surface area (Å²) in [5.74, 6) is 0.00900. The number of nitro groups is 1.